The predicted molar refractivity (Wildman–Crippen MR) is 80.1 cm³/mol. The molecule has 96 valence electrons. The number of benzene rings is 1. The third kappa shape index (κ3) is 3.78. The van der Waals surface area contributed by atoms with E-state index in [9.17, 15) is 0 Å². The van der Waals surface area contributed by atoms with Crippen LogP contribution in [0.25, 0.3) is 0 Å². The summed E-state index contributed by atoms with van der Waals surface area (Å²) >= 11 is 6.70. The SMILES string of the molecule is CCC(N)Cc1ccc(Br)cc1Sc1nncs1. The summed E-state index contributed by atoms with van der Waals surface area (Å²) in [6.45, 7) is 2.11. The Morgan fingerprint density at radius 3 is 3.00 bits per heavy atom. The average Bonchev–Trinajstić information content (AvgIpc) is 2.85. The molecular formula is C12H14BrN3S2. The molecule has 0 aliphatic carbocycles. The van der Waals surface area contributed by atoms with Crippen LogP contribution in [0.5, 0.6) is 0 Å². The van der Waals surface area contributed by atoms with E-state index in [-0.39, 0.29) is 6.04 Å². The summed E-state index contributed by atoms with van der Waals surface area (Å²) < 4.78 is 2.03. The summed E-state index contributed by atoms with van der Waals surface area (Å²) in [6.07, 6.45) is 1.88. The molecule has 0 aliphatic rings. The second-order valence-corrected chi connectivity index (χ2v) is 6.97. The van der Waals surface area contributed by atoms with Crippen LogP contribution in [0.2, 0.25) is 0 Å². The van der Waals surface area contributed by atoms with Gasteiger partial charge in [0.05, 0.1) is 0 Å². The minimum atomic E-state index is 0.208. The van der Waals surface area contributed by atoms with Gasteiger partial charge in [0.15, 0.2) is 4.34 Å². The molecule has 1 unspecified atom stereocenters. The molecule has 0 saturated heterocycles. The molecule has 2 rings (SSSR count). The first-order valence-corrected chi connectivity index (χ1v) is 8.16. The summed E-state index contributed by atoms with van der Waals surface area (Å²) in [5.74, 6) is 0. The Kier molecular flexibility index (Phi) is 5.17. The molecule has 6 heteroatoms. The number of nitrogens with zero attached hydrogens (tertiary/aromatic N) is 2. The van der Waals surface area contributed by atoms with Crippen molar-refractivity contribution in [1.29, 1.82) is 0 Å². The Balaban J connectivity index is 2.23. The van der Waals surface area contributed by atoms with Gasteiger partial charge >= 0.3 is 0 Å². The highest BCUT2D eigenvalue weighted by Gasteiger charge is 2.10. The maximum absolute atomic E-state index is 6.04. The molecule has 0 bridgehead atoms. The van der Waals surface area contributed by atoms with Crippen LogP contribution in [0.4, 0.5) is 0 Å². The quantitative estimate of drug-likeness (QED) is 0.898. The van der Waals surface area contributed by atoms with E-state index in [2.05, 4.69) is 51.3 Å². The van der Waals surface area contributed by atoms with Gasteiger partial charge in [0, 0.05) is 15.4 Å². The number of aromatic nitrogens is 2. The van der Waals surface area contributed by atoms with E-state index in [0.717, 1.165) is 21.7 Å². The standard InChI is InChI=1S/C12H14BrN3S2/c1-2-10(14)5-8-3-4-9(13)6-11(8)18-12-16-15-7-17-12/h3-4,6-7,10H,2,5,14H2,1H3. The molecule has 0 aliphatic heterocycles. The van der Waals surface area contributed by atoms with Crippen LogP contribution < -0.4 is 5.73 Å². The Bertz CT molecular complexity index is 502. The van der Waals surface area contributed by atoms with Crippen LogP contribution in [0, 0.1) is 0 Å². The summed E-state index contributed by atoms with van der Waals surface area (Å²) in [5.41, 5.74) is 9.06. The molecule has 0 amide bonds. The average molecular weight is 344 g/mol. The van der Waals surface area contributed by atoms with Gasteiger partial charge in [-0.3, -0.25) is 0 Å². The molecule has 3 nitrogen and oxygen atoms in total. The molecule has 2 N–H and O–H groups in total. The number of halogens is 1. The summed E-state index contributed by atoms with van der Waals surface area (Å²) in [5, 5.41) is 7.93. The van der Waals surface area contributed by atoms with Gasteiger partial charge < -0.3 is 5.73 Å². The lowest BCUT2D eigenvalue weighted by atomic mass is 10.1. The zero-order valence-electron chi connectivity index (χ0n) is 9.97. The molecule has 1 atom stereocenters. The minimum absolute atomic E-state index is 0.208. The largest absolute Gasteiger partial charge is 0.327 e. The molecule has 1 heterocycles. The Morgan fingerprint density at radius 2 is 2.33 bits per heavy atom. The van der Waals surface area contributed by atoms with E-state index in [1.165, 1.54) is 10.5 Å². The summed E-state index contributed by atoms with van der Waals surface area (Å²) in [4.78, 5) is 1.20. The highest BCUT2D eigenvalue weighted by molar-refractivity contribution is 9.10. The smallest absolute Gasteiger partial charge is 0.178 e. The third-order valence-corrected chi connectivity index (χ3v) is 4.94. The highest BCUT2D eigenvalue weighted by atomic mass is 79.9. The number of hydrogen-bond acceptors (Lipinski definition) is 5. The van der Waals surface area contributed by atoms with Crippen molar-refractivity contribution < 1.29 is 0 Å². The summed E-state index contributed by atoms with van der Waals surface area (Å²) in [6, 6.07) is 6.51. The fourth-order valence-electron chi connectivity index (χ4n) is 1.52. The van der Waals surface area contributed by atoms with E-state index in [1.807, 2.05) is 0 Å². The van der Waals surface area contributed by atoms with E-state index in [0.29, 0.717) is 0 Å². The van der Waals surface area contributed by atoms with Gasteiger partial charge in [-0.1, -0.05) is 52.0 Å². The van der Waals surface area contributed by atoms with Crippen LogP contribution in [-0.2, 0) is 6.42 Å². The van der Waals surface area contributed by atoms with Crippen molar-refractivity contribution in [2.75, 3.05) is 0 Å². The summed E-state index contributed by atoms with van der Waals surface area (Å²) in [7, 11) is 0. The van der Waals surface area contributed by atoms with Gasteiger partial charge in [-0.15, -0.1) is 10.2 Å². The lowest BCUT2D eigenvalue weighted by molar-refractivity contribution is 0.641. The van der Waals surface area contributed by atoms with Crippen molar-refractivity contribution in [1.82, 2.24) is 10.2 Å². The second kappa shape index (κ2) is 6.65. The fraction of sp³-hybridized carbons (Fsp3) is 0.333. The number of rotatable bonds is 5. The molecule has 1 aromatic heterocycles. The van der Waals surface area contributed by atoms with Gasteiger partial charge in [-0.2, -0.15) is 0 Å². The first-order valence-electron chi connectivity index (χ1n) is 5.67. The molecule has 18 heavy (non-hydrogen) atoms. The lowest BCUT2D eigenvalue weighted by Crippen LogP contribution is -2.21. The van der Waals surface area contributed by atoms with Crippen LogP contribution >= 0.6 is 39.0 Å². The van der Waals surface area contributed by atoms with Gasteiger partial charge in [-0.05, 0) is 30.5 Å². The monoisotopic (exact) mass is 343 g/mol. The van der Waals surface area contributed by atoms with Gasteiger partial charge in [-0.25, -0.2) is 0 Å². The maximum Gasteiger partial charge on any atom is 0.178 e. The fourth-order valence-corrected chi connectivity index (χ4v) is 3.65. The Morgan fingerprint density at radius 1 is 1.50 bits per heavy atom. The molecular weight excluding hydrogens is 330 g/mol. The first-order chi connectivity index (χ1) is 8.69. The van der Waals surface area contributed by atoms with Crippen LogP contribution in [0.3, 0.4) is 0 Å². The minimum Gasteiger partial charge on any atom is -0.327 e. The highest BCUT2D eigenvalue weighted by Crippen LogP contribution is 2.33. The molecule has 1 aromatic carbocycles. The topological polar surface area (TPSA) is 51.8 Å². The third-order valence-electron chi connectivity index (χ3n) is 2.57. The number of hydrogen-bond donors (Lipinski definition) is 1. The van der Waals surface area contributed by atoms with Crippen LogP contribution in [0.15, 0.2) is 37.4 Å². The van der Waals surface area contributed by atoms with Crippen LogP contribution in [0.1, 0.15) is 18.9 Å². The lowest BCUT2D eigenvalue weighted by Gasteiger charge is -2.12. The second-order valence-electron chi connectivity index (χ2n) is 3.93. The molecule has 0 spiro atoms. The zero-order valence-corrected chi connectivity index (χ0v) is 13.2. The van der Waals surface area contributed by atoms with Crippen molar-refractivity contribution in [3.05, 3.63) is 33.7 Å². The van der Waals surface area contributed by atoms with E-state index >= 15 is 0 Å². The van der Waals surface area contributed by atoms with Crippen molar-refractivity contribution in [2.24, 2.45) is 5.73 Å². The van der Waals surface area contributed by atoms with Gasteiger partial charge in [0.25, 0.3) is 0 Å². The van der Waals surface area contributed by atoms with E-state index in [4.69, 9.17) is 5.73 Å². The zero-order chi connectivity index (χ0) is 13.0. The number of nitrogens with two attached hydrogens (primary N) is 1. The van der Waals surface area contributed by atoms with Crippen molar-refractivity contribution in [2.45, 2.75) is 35.0 Å². The molecule has 0 radical (unpaired) electrons. The molecule has 2 aromatic rings. The van der Waals surface area contributed by atoms with Gasteiger partial charge in [0.1, 0.15) is 5.51 Å². The maximum atomic E-state index is 6.04. The Hall–Kier alpha value is -0.430. The molecule has 0 saturated carbocycles. The normalized spacial score (nSPS) is 12.6. The Labute approximate surface area is 123 Å². The first kappa shape index (κ1) is 14.0. The predicted octanol–water partition coefficient (Wildman–Crippen LogP) is 3.73. The van der Waals surface area contributed by atoms with Crippen molar-refractivity contribution >= 4 is 39.0 Å². The van der Waals surface area contributed by atoms with Crippen molar-refractivity contribution in [3.63, 3.8) is 0 Å². The van der Waals surface area contributed by atoms with E-state index < -0.39 is 0 Å². The van der Waals surface area contributed by atoms with Gasteiger partial charge in [0.2, 0.25) is 0 Å². The van der Waals surface area contributed by atoms with Crippen molar-refractivity contribution in [3.8, 4) is 0 Å². The van der Waals surface area contributed by atoms with Crippen LogP contribution in [-0.4, -0.2) is 16.2 Å². The van der Waals surface area contributed by atoms with E-state index in [1.54, 1.807) is 28.6 Å². The molecule has 0 fully saturated rings.